The molecule has 2 aliphatic rings. The summed E-state index contributed by atoms with van der Waals surface area (Å²) >= 11 is 5.94. The molecule has 1 aliphatic heterocycles. The first-order valence-electron chi connectivity index (χ1n) is 10.3. The fourth-order valence-electron chi connectivity index (χ4n) is 4.19. The SMILES string of the molecule is COc1nc(Cl)nc(Nc2n[nH]c3c2CN(C(=O)NC2C[C@@H]2c2ccccc2)C3(C)C)n1. The molecule has 0 radical (unpaired) electrons. The number of carbonyl (C=O) groups is 1. The normalized spacial score (nSPS) is 20.6. The Morgan fingerprint density at radius 3 is 2.78 bits per heavy atom. The fourth-order valence-corrected chi connectivity index (χ4v) is 4.34. The highest BCUT2D eigenvalue weighted by Gasteiger charge is 2.46. The van der Waals surface area contributed by atoms with E-state index < -0.39 is 5.54 Å². The summed E-state index contributed by atoms with van der Waals surface area (Å²) in [6, 6.07) is 10.4. The maximum atomic E-state index is 13.1. The molecule has 1 saturated carbocycles. The van der Waals surface area contributed by atoms with Crippen molar-refractivity contribution in [3.63, 3.8) is 0 Å². The quantitative estimate of drug-likeness (QED) is 0.540. The number of halogens is 1. The van der Waals surface area contributed by atoms with Gasteiger partial charge >= 0.3 is 12.0 Å². The summed E-state index contributed by atoms with van der Waals surface area (Å²) in [5.41, 5.74) is 2.43. The van der Waals surface area contributed by atoms with E-state index in [2.05, 4.69) is 47.9 Å². The van der Waals surface area contributed by atoms with Gasteiger partial charge in [-0.1, -0.05) is 30.3 Å². The van der Waals surface area contributed by atoms with Gasteiger partial charge in [0.1, 0.15) is 0 Å². The van der Waals surface area contributed by atoms with Gasteiger partial charge in [-0.25, -0.2) is 4.79 Å². The smallest absolute Gasteiger partial charge is 0.322 e. The number of nitrogens with zero attached hydrogens (tertiary/aromatic N) is 5. The van der Waals surface area contributed by atoms with Gasteiger partial charge < -0.3 is 20.3 Å². The first kappa shape index (κ1) is 20.5. The third-order valence-electron chi connectivity index (χ3n) is 6.04. The van der Waals surface area contributed by atoms with Crippen LogP contribution >= 0.6 is 11.6 Å². The summed E-state index contributed by atoms with van der Waals surface area (Å²) < 4.78 is 5.04. The monoisotopic (exact) mass is 454 g/mol. The molecule has 2 amide bonds. The number of rotatable bonds is 5. The van der Waals surface area contributed by atoms with Crippen molar-refractivity contribution in [1.82, 2.24) is 35.4 Å². The first-order chi connectivity index (χ1) is 15.4. The zero-order valence-electron chi connectivity index (χ0n) is 17.9. The van der Waals surface area contributed by atoms with Crippen molar-refractivity contribution in [2.75, 3.05) is 12.4 Å². The van der Waals surface area contributed by atoms with Crippen molar-refractivity contribution in [1.29, 1.82) is 0 Å². The molecule has 3 aromatic rings. The van der Waals surface area contributed by atoms with Crippen LogP contribution in [0.4, 0.5) is 16.6 Å². The maximum Gasteiger partial charge on any atom is 0.322 e. The number of carbonyl (C=O) groups excluding carboxylic acids is 1. The minimum Gasteiger partial charge on any atom is -0.467 e. The van der Waals surface area contributed by atoms with Gasteiger partial charge in [-0.15, -0.1) is 0 Å². The standard InChI is InChI=1S/C21H23ClN8O2/c1-21(2)15-13(16(29-28-15)24-18-25-17(22)26-19(27-18)32-3)10-30(21)20(31)23-14-9-12(14)11-7-5-4-6-8-11/h4-8,12,14H,9-10H2,1-3H3,(H,23,31)(H2,24,25,26,27,28,29)/t12-,14?/m1/s1. The minimum absolute atomic E-state index is 0.00488. The number of aromatic nitrogens is 5. The molecule has 166 valence electrons. The number of urea groups is 1. The van der Waals surface area contributed by atoms with Gasteiger partial charge in [-0.3, -0.25) is 5.10 Å². The Labute approximate surface area is 189 Å². The van der Waals surface area contributed by atoms with E-state index in [4.69, 9.17) is 16.3 Å². The van der Waals surface area contributed by atoms with Crippen LogP contribution in [0.25, 0.3) is 0 Å². The van der Waals surface area contributed by atoms with E-state index >= 15 is 0 Å². The largest absolute Gasteiger partial charge is 0.467 e. The molecule has 2 atom stereocenters. The zero-order valence-corrected chi connectivity index (χ0v) is 18.6. The second-order valence-electron chi connectivity index (χ2n) is 8.42. The summed E-state index contributed by atoms with van der Waals surface area (Å²) in [6.45, 7) is 4.38. The summed E-state index contributed by atoms with van der Waals surface area (Å²) in [5, 5.41) is 13.7. The second kappa shape index (κ2) is 7.63. The molecule has 5 rings (SSSR count). The van der Waals surface area contributed by atoms with Crippen LogP contribution in [0.2, 0.25) is 5.28 Å². The molecule has 11 heteroatoms. The lowest BCUT2D eigenvalue weighted by molar-refractivity contribution is 0.142. The lowest BCUT2D eigenvalue weighted by Crippen LogP contribution is -2.47. The van der Waals surface area contributed by atoms with E-state index in [0.29, 0.717) is 18.3 Å². The number of anilines is 2. The number of ether oxygens (including phenoxy) is 1. The van der Waals surface area contributed by atoms with Crippen molar-refractivity contribution in [2.24, 2.45) is 0 Å². The van der Waals surface area contributed by atoms with Crippen molar-refractivity contribution < 1.29 is 9.53 Å². The average molecular weight is 455 g/mol. The van der Waals surface area contributed by atoms with Gasteiger partial charge in [-0.2, -0.15) is 20.1 Å². The van der Waals surface area contributed by atoms with Crippen molar-refractivity contribution >= 4 is 29.4 Å². The Morgan fingerprint density at radius 1 is 1.25 bits per heavy atom. The van der Waals surface area contributed by atoms with Gasteiger partial charge in [0.05, 0.1) is 24.9 Å². The molecular formula is C21H23ClN8O2. The number of fused-ring (bicyclic) bond motifs is 1. The minimum atomic E-state index is -0.558. The Bertz CT molecular complexity index is 1170. The number of hydrogen-bond donors (Lipinski definition) is 3. The van der Waals surface area contributed by atoms with Crippen LogP contribution in [0.15, 0.2) is 30.3 Å². The van der Waals surface area contributed by atoms with Crippen LogP contribution in [-0.4, -0.2) is 49.2 Å². The van der Waals surface area contributed by atoms with E-state index in [9.17, 15) is 4.79 Å². The number of H-pyrrole nitrogens is 1. The molecule has 1 unspecified atom stereocenters. The van der Waals surface area contributed by atoms with Crippen molar-refractivity contribution in [3.05, 3.63) is 52.4 Å². The molecular weight excluding hydrogens is 432 g/mol. The van der Waals surface area contributed by atoms with Gasteiger partial charge in [0, 0.05) is 17.5 Å². The third kappa shape index (κ3) is 3.60. The van der Waals surface area contributed by atoms with E-state index in [1.165, 1.54) is 12.7 Å². The highest BCUT2D eigenvalue weighted by Crippen LogP contribution is 2.43. The summed E-state index contributed by atoms with van der Waals surface area (Å²) in [6.07, 6.45) is 0.950. The summed E-state index contributed by atoms with van der Waals surface area (Å²) in [4.78, 5) is 27.0. The van der Waals surface area contributed by atoms with Crippen LogP contribution in [-0.2, 0) is 12.1 Å². The lowest BCUT2D eigenvalue weighted by atomic mass is 10.0. The Kier molecular flexibility index (Phi) is 4.89. The molecule has 1 fully saturated rings. The van der Waals surface area contributed by atoms with E-state index in [-0.39, 0.29) is 29.3 Å². The lowest BCUT2D eigenvalue weighted by Gasteiger charge is -2.32. The van der Waals surface area contributed by atoms with Gasteiger partial charge in [0.25, 0.3) is 0 Å². The van der Waals surface area contributed by atoms with Crippen molar-refractivity contribution in [3.8, 4) is 6.01 Å². The third-order valence-corrected chi connectivity index (χ3v) is 6.21. The molecule has 3 N–H and O–H groups in total. The number of hydrogen-bond acceptors (Lipinski definition) is 7. The highest BCUT2D eigenvalue weighted by molar-refractivity contribution is 6.28. The van der Waals surface area contributed by atoms with E-state index in [0.717, 1.165) is 17.7 Å². The molecule has 0 bridgehead atoms. The topological polar surface area (TPSA) is 121 Å². The summed E-state index contributed by atoms with van der Waals surface area (Å²) in [5.74, 6) is 1.10. The molecule has 0 saturated heterocycles. The average Bonchev–Trinajstić information content (AvgIpc) is 3.32. The maximum absolute atomic E-state index is 13.1. The Hall–Kier alpha value is -3.40. The second-order valence-corrected chi connectivity index (χ2v) is 8.76. The molecule has 1 aromatic carbocycles. The number of aromatic amines is 1. The predicted octanol–water partition coefficient (Wildman–Crippen LogP) is 3.32. The highest BCUT2D eigenvalue weighted by atomic mass is 35.5. The van der Waals surface area contributed by atoms with Crippen LogP contribution < -0.4 is 15.4 Å². The summed E-state index contributed by atoms with van der Waals surface area (Å²) in [7, 11) is 1.45. The van der Waals surface area contributed by atoms with Crippen LogP contribution in [0.5, 0.6) is 6.01 Å². The first-order valence-corrected chi connectivity index (χ1v) is 10.7. The van der Waals surface area contributed by atoms with Crippen molar-refractivity contribution in [2.45, 2.75) is 44.3 Å². The van der Waals surface area contributed by atoms with Gasteiger partial charge in [0.15, 0.2) is 5.82 Å². The number of methoxy groups -OCH3 is 1. The molecule has 10 nitrogen and oxygen atoms in total. The zero-order chi connectivity index (χ0) is 22.5. The van der Waals surface area contributed by atoms with E-state index in [1.54, 1.807) is 0 Å². The van der Waals surface area contributed by atoms with Gasteiger partial charge in [-0.05, 0) is 37.4 Å². The number of benzene rings is 1. The Morgan fingerprint density at radius 2 is 2.03 bits per heavy atom. The molecule has 0 spiro atoms. The van der Waals surface area contributed by atoms with Crippen LogP contribution in [0.3, 0.4) is 0 Å². The molecule has 1 aliphatic carbocycles. The van der Waals surface area contributed by atoms with E-state index in [1.807, 2.05) is 36.9 Å². The van der Waals surface area contributed by atoms with Crippen LogP contribution in [0, 0.1) is 0 Å². The molecule has 32 heavy (non-hydrogen) atoms. The van der Waals surface area contributed by atoms with Crippen LogP contribution in [0.1, 0.15) is 43.0 Å². The molecule has 2 aromatic heterocycles. The van der Waals surface area contributed by atoms with Gasteiger partial charge in [0.2, 0.25) is 11.2 Å². The number of amides is 2. The Balaban J connectivity index is 1.31. The number of nitrogens with one attached hydrogen (secondary N) is 3. The molecule has 3 heterocycles. The fraction of sp³-hybridized carbons (Fsp3) is 0.381. The predicted molar refractivity (Wildman–Crippen MR) is 118 cm³/mol.